The Bertz CT molecular complexity index is 603. The molecule has 20 heavy (non-hydrogen) atoms. The zero-order valence-corrected chi connectivity index (χ0v) is 12.2. The van der Waals surface area contributed by atoms with E-state index in [9.17, 15) is 13.2 Å². The molecule has 0 fully saturated rings. The van der Waals surface area contributed by atoms with E-state index in [0.717, 1.165) is 5.56 Å². The molecule has 0 aliphatic carbocycles. The predicted molar refractivity (Wildman–Crippen MR) is 74.2 cm³/mol. The maximum Gasteiger partial charge on any atom is 0.241 e. The number of hydrogen-bond donors (Lipinski definition) is 2. The Morgan fingerprint density at radius 1 is 1.35 bits per heavy atom. The first-order valence-corrected chi connectivity index (χ1v) is 7.65. The fraction of sp³-hybridized carbons (Fsp3) is 0.385. The van der Waals surface area contributed by atoms with Gasteiger partial charge >= 0.3 is 0 Å². The van der Waals surface area contributed by atoms with Crippen LogP contribution in [0.2, 0.25) is 0 Å². The van der Waals surface area contributed by atoms with E-state index in [1.165, 1.54) is 19.1 Å². The third kappa shape index (κ3) is 4.33. The first kappa shape index (κ1) is 16.1. The van der Waals surface area contributed by atoms with Crippen molar-refractivity contribution in [3.8, 4) is 6.07 Å². The summed E-state index contributed by atoms with van der Waals surface area (Å²) in [5, 5.41) is 11.1. The molecule has 0 bridgehead atoms. The van der Waals surface area contributed by atoms with Crippen molar-refractivity contribution in [2.24, 2.45) is 0 Å². The Labute approximate surface area is 118 Å². The van der Waals surface area contributed by atoms with Gasteiger partial charge in [-0.25, -0.2) is 8.42 Å². The highest BCUT2D eigenvalue weighted by Crippen LogP contribution is 2.11. The van der Waals surface area contributed by atoms with E-state index in [2.05, 4.69) is 10.0 Å². The first-order valence-electron chi connectivity index (χ1n) is 6.16. The molecule has 1 atom stereocenters. The lowest BCUT2D eigenvalue weighted by Gasteiger charge is -2.13. The van der Waals surface area contributed by atoms with Crippen LogP contribution in [0.5, 0.6) is 0 Å². The number of rotatable bonds is 6. The normalized spacial score (nSPS) is 12.4. The summed E-state index contributed by atoms with van der Waals surface area (Å²) in [5.74, 6) is -0.378. The summed E-state index contributed by atoms with van der Waals surface area (Å²) in [5.41, 5.74) is 0.739. The smallest absolute Gasteiger partial charge is 0.241 e. The molecule has 1 unspecified atom stereocenters. The Morgan fingerprint density at radius 2 is 1.95 bits per heavy atom. The minimum absolute atomic E-state index is 0.0651. The predicted octanol–water partition coefficient (Wildman–Crippen LogP) is 0.556. The van der Waals surface area contributed by atoms with Crippen molar-refractivity contribution in [2.45, 2.75) is 31.2 Å². The van der Waals surface area contributed by atoms with Crippen LogP contribution in [0.1, 0.15) is 19.4 Å². The second-order valence-corrected chi connectivity index (χ2v) is 5.93. The highest BCUT2D eigenvalue weighted by molar-refractivity contribution is 7.89. The van der Waals surface area contributed by atoms with Crippen LogP contribution in [0.15, 0.2) is 29.2 Å². The molecule has 2 N–H and O–H groups in total. The van der Waals surface area contributed by atoms with Gasteiger partial charge in [0, 0.05) is 6.54 Å². The number of carbonyl (C=O) groups is 1. The summed E-state index contributed by atoms with van der Waals surface area (Å²) < 4.78 is 26.4. The summed E-state index contributed by atoms with van der Waals surface area (Å²) in [6.45, 7) is 3.67. The van der Waals surface area contributed by atoms with Crippen molar-refractivity contribution in [1.29, 1.82) is 5.26 Å². The third-order valence-corrected chi connectivity index (χ3v) is 4.15. The van der Waals surface area contributed by atoms with Crippen LogP contribution in [-0.2, 0) is 21.2 Å². The lowest BCUT2D eigenvalue weighted by Crippen LogP contribution is -2.44. The average molecular weight is 295 g/mol. The van der Waals surface area contributed by atoms with Crippen LogP contribution >= 0.6 is 0 Å². The van der Waals surface area contributed by atoms with E-state index in [-0.39, 0.29) is 17.2 Å². The summed E-state index contributed by atoms with van der Waals surface area (Å²) in [4.78, 5) is 11.6. The van der Waals surface area contributed by atoms with E-state index < -0.39 is 16.1 Å². The Hall–Kier alpha value is -1.91. The summed E-state index contributed by atoms with van der Waals surface area (Å²) in [7, 11) is -3.75. The standard InChI is InChI=1S/C13H17N3O3S/c1-3-15-13(17)10(2)16-20(18,19)12-6-4-11(5-7-12)8-9-14/h4-7,10,16H,3,8H2,1-2H3,(H,15,17). The number of hydrogen-bond acceptors (Lipinski definition) is 4. The molecule has 0 aliphatic heterocycles. The lowest BCUT2D eigenvalue weighted by molar-refractivity contribution is -0.122. The Balaban J connectivity index is 2.83. The van der Waals surface area contributed by atoms with Gasteiger partial charge in [0.2, 0.25) is 15.9 Å². The van der Waals surface area contributed by atoms with E-state index >= 15 is 0 Å². The van der Waals surface area contributed by atoms with Gasteiger partial charge in [-0.15, -0.1) is 0 Å². The van der Waals surface area contributed by atoms with Gasteiger partial charge < -0.3 is 5.32 Å². The second kappa shape index (κ2) is 7.03. The molecule has 1 aromatic carbocycles. The van der Waals surface area contributed by atoms with Crippen molar-refractivity contribution < 1.29 is 13.2 Å². The van der Waals surface area contributed by atoms with Gasteiger partial charge in [-0.3, -0.25) is 4.79 Å². The van der Waals surface area contributed by atoms with Crippen molar-refractivity contribution in [3.05, 3.63) is 29.8 Å². The van der Waals surface area contributed by atoms with Gasteiger partial charge in [0.15, 0.2) is 0 Å². The molecule has 1 aromatic rings. The summed E-state index contributed by atoms with van der Waals surface area (Å²) in [6.07, 6.45) is 0.225. The molecule has 1 amide bonds. The van der Waals surface area contributed by atoms with Gasteiger partial charge in [-0.2, -0.15) is 9.98 Å². The van der Waals surface area contributed by atoms with E-state index in [1.807, 2.05) is 6.07 Å². The molecule has 0 radical (unpaired) electrons. The molecule has 0 aliphatic rings. The number of nitrogens with one attached hydrogen (secondary N) is 2. The monoisotopic (exact) mass is 295 g/mol. The first-order chi connectivity index (χ1) is 9.40. The van der Waals surface area contributed by atoms with Crippen LogP contribution in [0, 0.1) is 11.3 Å². The van der Waals surface area contributed by atoms with Crippen molar-refractivity contribution >= 4 is 15.9 Å². The summed E-state index contributed by atoms with van der Waals surface area (Å²) >= 11 is 0. The number of benzene rings is 1. The lowest BCUT2D eigenvalue weighted by atomic mass is 10.2. The van der Waals surface area contributed by atoms with E-state index in [1.54, 1.807) is 19.1 Å². The Morgan fingerprint density at radius 3 is 2.45 bits per heavy atom. The number of nitrogens with zero attached hydrogens (tertiary/aromatic N) is 1. The molecule has 108 valence electrons. The van der Waals surface area contributed by atoms with Crippen molar-refractivity contribution in [2.75, 3.05) is 6.54 Å². The van der Waals surface area contributed by atoms with Gasteiger partial charge in [0.05, 0.1) is 23.4 Å². The topological polar surface area (TPSA) is 99.1 Å². The van der Waals surface area contributed by atoms with E-state index in [0.29, 0.717) is 6.54 Å². The number of amides is 1. The highest BCUT2D eigenvalue weighted by atomic mass is 32.2. The highest BCUT2D eigenvalue weighted by Gasteiger charge is 2.21. The molecular formula is C13H17N3O3S. The summed E-state index contributed by atoms with van der Waals surface area (Å²) in [6, 6.07) is 7.13. The molecule has 6 nitrogen and oxygen atoms in total. The van der Waals surface area contributed by atoms with Gasteiger partial charge in [-0.1, -0.05) is 12.1 Å². The SMILES string of the molecule is CCNC(=O)C(C)NS(=O)(=O)c1ccc(CC#N)cc1. The van der Waals surface area contributed by atoms with Crippen LogP contribution in [0.4, 0.5) is 0 Å². The van der Waals surface area contributed by atoms with Gasteiger partial charge in [0.25, 0.3) is 0 Å². The van der Waals surface area contributed by atoms with Crippen LogP contribution in [0.3, 0.4) is 0 Å². The van der Waals surface area contributed by atoms with Crippen molar-refractivity contribution in [3.63, 3.8) is 0 Å². The zero-order chi connectivity index (χ0) is 15.2. The van der Waals surface area contributed by atoms with Crippen LogP contribution in [-0.4, -0.2) is 26.9 Å². The number of likely N-dealkylation sites (N-methyl/N-ethyl adjacent to an activating group) is 1. The van der Waals surface area contributed by atoms with Crippen LogP contribution < -0.4 is 10.0 Å². The molecule has 0 saturated carbocycles. The van der Waals surface area contributed by atoms with Gasteiger partial charge in [-0.05, 0) is 31.5 Å². The van der Waals surface area contributed by atoms with Gasteiger partial charge in [0.1, 0.15) is 0 Å². The average Bonchev–Trinajstić information content (AvgIpc) is 2.39. The third-order valence-electron chi connectivity index (χ3n) is 2.59. The molecule has 7 heteroatoms. The van der Waals surface area contributed by atoms with E-state index in [4.69, 9.17) is 5.26 Å². The molecule has 0 saturated heterocycles. The molecule has 1 rings (SSSR count). The fourth-order valence-electron chi connectivity index (χ4n) is 1.56. The minimum atomic E-state index is -3.75. The molecule has 0 aromatic heterocycles. The largest absolute Gasteiger partial charge is 0.355 e. The van der Waals surface area contributed by atoms with Crippen molar-refractivity contribution in [1.82, 2.24) is 10.0 Å². The maximum atomic E-state index is 12.1. The Kier molecular flexibility index (Phi) is 5.67. The second-order valence-electron chi connectivity index (χ2n) is 4.22. The molecular weight excluding hydrogens is 278 g/mol. The molecule has 0 spiro atoms. The number of sulfonamides is 1. The van der Waals surface area contributed by atoms with Crippen LogP contribution in [0.25, 0.3) is 0 Å². The minimum Gasteiger partial charge on any atom is -0.355 e. The number of carbonyl (C=O) groups excluding carboxylic acids is 1. The quantitative estimate of drug-likeness (QED) is 0.800. The fourth-order valence-corrected chi connectivity index (χ4v) is 2.76. The number of nitriles is 1. The zero-order valence-electron chi connectivity index (χ0n) is 11.4. The molecule has 0 heterocycles. The maximum absolute atomic E-state index is 12.1.